The highest BCUT2D eigenvalue weighted by Crippen LogP contribution is 2.04. The minimum Gasteiger partial charge on any atom is -0.344 e. The first kappa shape index (κ1) is 18.2. The lowest BCUT2D eigenvalue weighted by Crippen LogP contribution is -2.53. The molecule has 6 nitrogen and oxygen atoms in total. The molecule has 25 heavy (non-hydrogen) atoms. The van der Waals surface area contributed by atoms with E-state index >= 15 is 0 Å². The zero-order valence-corrected chi connectivity index (χ0v) is 14.0. The summed E-state index contributed by atoms with van der Waals surface area (Å²) in [7, 11) is 0. The summed E-state index contributed by atoms with van der Waals surface area (Å²) < 4.78 is 0. The Hall–Kier alpha value is -3.15. The topological polar surface area (TPSA) is 87.3 Å². The molecule has 0 aliphatic rings. The summed E-state index contributed by atoms with van der Waals surface area (Å²) in [5.41, 5.74) is 6.09. The average Bonchev–Trinajstić information content (AvgIpc) is 2.66. The van der Waals surface area contributed by atoms with Crippen molar-refractivity contribution in [3.8, 4) is 0 Å². The number of carbonyl (C=O) groups excluding carboxylic acids is 3. The summed E-state index contributed by atoms with van der Waals surface area (Å²) in [5, 5.41) is 2.68. The van der Waals surface area contributed by atoms with Gasteiger partial charge in [-0.05, 0) is 17.7 Å². The molecule has 2 aromatic rings. The molecule has 2 aromatic carbocycles. The maximum atomic E-state index is 12.4. The number of benzene rings is 2. The van der Waals surface area contributed by atoms with E-state index in [0.29, 0.717) is 12.0 Å². The molecule has 1 atom stereocenters. The SMILES string of the molecule is CCC(=O)NC(Cc1ccccc1)C(=O)NNC(=O)c1ccccc1. The van der Waals surface area contributed by atoms with Crippen molar-refractivity contribution in [2.75, 3.05) is 0 Å². The first-order valence-corrected chi connectivity index (χ1v) is 8.08. The van der Waals surface area contributed by atoms with E-state index in [9.17, 15) is 14.4 Å². The monoisotopic (exact) mass is 339 g/mol. The Morgan fingerprint density at radius 1 is 0.880 bits per heavy atom. The number of hydrazine groups is 1. The van der Waals surface area contributed by atoms with E-state index in [0.717, 1.165) is 5.56 Å². The van der Waals surface area contributed by atoms with Gasteiger partial charge in [0, 0.05) is 18.4 Å². The highest BCUT2D eigenvalue weighted by atomic mass is 16.2. The van der Waals surface area contributed by atoms with Crippen LogP contribution in [0.4, 0.5) is 0 Å². The third-order valence-corrected chi connectivity index (χ3v) is 3.59. The van der Waals surface area contributed by atoms with E-state index in [1.807, 2.05) is 30.3 Å². The minimum atomic E-state index is -0.772. The summed E-state index contributed by atoms with van der Waals surface area (Å²) in [6.07, 6.45) is 0.606. The Bertz CT molecular complexity index is 717. The van der Waals surface area contributed by atoms with Crippen molar-refractivity contribution >= 4 is 17.7 Å². The van der Waals surface area contributed by atoms with Crippen LogP contribution in [0.2, 0.25) is 0 Å². The summed E-state index contributed by atoms with van der Waals surface area (Å²) in [4.78, 5) is 36.1. The van der Waals surface area contributed by atoms with Crippen molar-refractivity contribution in [3.63, 3.8) is 0 Å². The zero-order valence-electron chi connectivity index (χ0n) is 14.0. The van der Waals surface area contributed by atoms with Crippen LogP contribution in [0.5, 0.6) is 0 Å². The van der Waals surface area contributed by atoms with Crippen molar-refractivity contribution in [1.82, 2.24) is 16.2 Å². The van der Waals surface area contributed by atoms with E-state index < -0.39 is 17.9 Å². The van der Waals surface area contributed by atoms with Crippen LogP contribution in [0.1, 0.15) is 29.3 Å². The molecule has 6 heteroatoms. The summed E-state index contributed by atoms with van der Waals surface area (Å²) in [5.74, 6) is -1.13. The van der Waals surface area contributed by atoms with Gasteiger partial charge in [-0.25, -0.2) is 0 Å². The largest absolute Gasteiger partial charge is 0.344 e. The van der Waals surface area contributed by atoms with E-state index in [1.165, 1.54) is 0 Å². The Morgan fingerprint density at radius 2 is 1.48 bits per heavy atom. The van der Waals surface area contributed by atoms with Gasteiger partial charge in [0.05, 0.1) is 0 Å². The standard InChI is InChI=1S/C19H21N3O3/c1-2-17(23)20-16(13-14-9-5-3-6-10-14)19(25)22-21-18(24)15-11-7-4-8-12-15/h3-12,16H,2,13H2,1H3,(H,20,23)(H,21,24)(H,22,25). The molecular weight excluding hydrogens is 318 g/mol. The Morgan fingerprint density at radius 3 is 2.08 bits per heavy atom. The summed E-state index contributed by atoms with van der Waals surface area (Å²) in [6.45, 7) is 1.71. The zero-order chi connectivity index (χ0) is 18.1. The molecule has 0 aromatic heterocycles. The smallest absolute Gasteiger partial charge is 0.269 e. The summed E-state index contributed by atoms with van der Waals surface area (Å²) in [6, 6.07) is 17.1. The maximum absolute atomic E-state index is 12.4. The highest BCUT2D eigenvalue weighted by molar-refractivity contribution is 5.96. The number of nitrogens with one attached hydrogen (secondary N) is 3. The molecule has 3 N–H and O–H groups in total. The normalized spacial score (nSPS) is 11.2. The van der Waals surface area contributed by atoms with Gasteiger partial charge >= 0.3 is 0 Å². The number of amides is 3. The number of hydrogen-bond acceptors (Lipinski definition) is 3. The summed E-state index contributed by atoms with van der Waals surface area (Å²) >= 11 is 0. The second kappa shape index (κ2) is 9.22. The van der Waals surface area contributed by atoms with Crippen molar-refractivity contribution in [2.24, 2.45) is 0 Å². The van der Waals surface area contributed by atoms with Gasteiger partial charge in [0.1, 0.15) is 6.04 Å². The van der Waals surface area contributed by atoms with Gasteiger partial charge in [-0.15, -0.1) is 0 Å². The fraction of sp³-hybridized carbons (Fsp3) is 0.211. The van der Waals surface area contributed by atoms with Crippen LogP contribution in [0, 0.1) is 0 Å². The van der Waals surface area contributed by atoms with Crippen molar-refractivity contribution in [2.45, 2.75) is 25.8 Å². The van der Waals surface area contributed by atoms with Gasteiger partial charge in [0.2, 0.25) is 5.91 Å². The third-order valence-electron chi connectivity index (χ3n) is 3.59. The van der Waals surface area contributed by atoms with E-state index in [2.05, 4.69) is 16.2 Å². The molecule has 0 aliphatic heterocycles. The van der Waals surface area contributed by atoms with Crippen LogP contribution in [-0.2, 0) is 16.0 Å². The van der Waals surface area contributed by atoms with E-state index in [4.69, 9.17) is 0 Å². The molecule has 0 radical (unpaired) electrons. The number of hydrogen-bond donors (Lipinski definition) is 3. The maximum Gasteiger partial charge on any atom is 0.269 e. The molecule has 0 heterocycles. The predicted octanol–water partition coefficient (Wildman–Crippen LogP) is 1.59. The molecule has 0 saturated heterocycles. The van der Waals surface area contributed by atoms with Gasteiger partial charge in [-0.3, -0.25) is 25.2 Å². The van der Waals surface area contributed by atoms with Crippen LogP contribution in [0.15, 0.2) is 60.7 Å². The second-order valence-electron chi connectivity index (χ2n) is 5.47. The van der Waals surface area contributed by atoms with Crippen molar-refractivity contribution in [3.05, 3.63) is 71.8 Å². The molecule has 130 valence electrons. The van der Waals surface area contributed by atoms with Gasteiger partial charge in [-0.2, -0.15) is 0 Å². The van der Waals surface area contributed by atoms with E-state index in [-0.39, 0.29) is 12.3 Å². The molecular formula is C19H21N3O3. The molecule has 2 rings (SSSR count). The van der Waals surface area contributed by atoms with Crippen LogP contribution in [-0.4, -0.2) is 23.8 Å². The van der Waals surface area contributed by atoms with Crippen LogP contribution < -0.4 is 16.2 Å². The Kier molecular flexibility index (Phi) is 6.71. The van der Waals surface area contributed by atoms with Crippen molar-refractivity contribution in [1.29, 1.82) is 0 Å². The van der Waals surface area contributed by atoms with E-state index in [1.54, 1.807) is 37.3 Å². The Balaban J connectivity index is 1.99. The lowest BCUT2D eigenvalue weighted by molar-refractivity contribution is -0.129. The van der Waals surface area contributed by atoms with Crippen LogP contribution in [0.3, 0.4) is 0 Å². The molecule has 0 spiro atoms. The van der Waals surface area contributed by atoms with Crippen LogP contribution >= 0.6 is 0 Å². The van der Waals surface area contributed by atoms with Crippen molar-refractivity contribution < 1.29 is 14.4 Å². The quantitative estimate of drug-likeness (QED) is 0.699. The molecule has 0 fully saturated rings. The van der Waals surface area contributed by atoms with Gasteiger partial charge in [0.15, 0.2) is 0 Å². The predicted molar refractivity (Wildman–Crippen MR) is 94.4 cm³/mol. The molecule has 0 saturated carbocycles. The fourth-order valence-electron chi connectivity index (χ4n) is 2.22. The number of carbonyl (C=O) groups is 3. The molecule has 3 amide bonds. The van der Waals surface area contributed by atoms with Gasteiger partial charge in [-0.1, -0.05) is 55.5 Å². The fourth-order valence-corrected chi connectivity index (χ4v) is 2.22. The minimum absolute atomic E-state index is 0.231. The first-order chi connectivity index (χ1) is 12.1. The highest BCUT2D eigenvalue weighted by Gasteiger charge is 2.21. The van der Waals surface area contributed by atoms with Crippen LogP contribution in [0.25, 0.3) is 0 Å². The average molecular weight is 339 g/mol. The second-order valence-corrected chi connectivity index (χ2v) is 5.47. The number of rotatable bonds is 6. The van der Waals surface area contributed by atoms with Gasteiger partial charge < -0.3 is 5.32 Å². The lowest BCUT2D eigenvalue weighted by atomic mass is 10.1. The van der Waals surface area contributed by atoms with Gasteiger partial charge in [0.25, 0.3) is 11.8 Å². The molecule has 0 aliphatic carbocycles. The first-order valence-electron chi connectivity index (χ1n) is 8.08. The molecule has 1 unspecified atom stereocenters. The Labute approximate surface area is 146 Å². The third kappa shape index (κ3) is 5.76. The lowest BCUT2D eigenvalue weighted by Gasteiger charge is -2.18. The molecule has 0 bridgehead atoms.